The van der Waals surface area contributed by atoms with Gasteiger partial charge < -0.3 is 10.1 Å². The molecule has 2 aliphatic rings. The molecule has 1 N–H and O–H groups in total. The molecule has 0 radical (unpaired) electrons. The molecule has 9 nitrogen and oxygen atoms in total. The van der Waals surface area contributed by atoms with Crippen LogP contribution in [0.15, 0.2) is 58.9 Å². The molecule has 1 fully saturated rings. The van der Waals surface area contributed by atoms with Crippen LogP contribution in [-0.4, -0.2) is 48.0 Å². The number of benzene rings is 2. The van der Waals surface area contributed by atoms with Crippen molar-refractivity contribution in [1.82, 2.24) is 5.01 Å². The molecule has 0 aromatic heterocycles. The first kappa shape index (κ1) is 19.8. The summed E-state index contributed by atoms with van der Waals surface area (Å²) in [7, 11) is 0. The van der Waals surface area contributed by atoms with Gasteiger partial charge in [0, 0.05) is 0 Å². The van der Waals surface area contributed by atoms with E-state index in [0.717, 1.165) is 4.90 Å². The van der Waals surface area contributed by atoms with E-state index in [9.17, 15) is 14.4 Å². The van der Waals surface area contributed by atoms with Gasteiger partial charge in [-0.1, -0.05) is 29.0 Å². The van der Waals surface area contributed by atoms with Gasteiger partial charge in [-0.3, -0.25) is 19.4 Å². The molecular weight excluding hydrogens is 410 g/mol. The number of ether oxygens (including phenoxy) is 1. The summed E-state index contributed by atoms with van der Waals surface area (Å²) < 4.78 is 5.39. The third-order valence-corrected chi connectivity index (χ3v) is 5.05. The number of fused-ring (bicyclic) bond motifs is 1. The minimum atomic E-state index is -0.975. The number of halogens is 1. The highest BCUT2D eigenvalue weighted by Gasteiger charge is 2.55. The Morgan fingerprint density at radius 3 is 2.57 bits per heavy atom. The number of anilines is 2. The van der Waals surface area contributed by atoms with Crippen LogP contribution in [0.25, 0.3) is 0 Å². The SMILES string of the molecule is CCOc1ccc(N2C(=O)[C@H]3N=NN(CC(=O)Nc4ccccc4Cl)[C@@H]3C2=O)cc1. The molecule has 0 saturated carbocycles. The van der Waals surface area contributed by atoms with Gasteiger partial charge in [0.2, 0.25) is 5.91 Å². The maximum Gasteiger partial charge on any atom is 0.263 e. The Labute approximate surface area is 177 Å². The van der Waals surface area contributed by atoms with Crippen LogP contribution in [0.5, 0.6) is 5.75 Å². The van der Waals surface area contributed by atoms with E-state index in [1.54, 1.807) is 48.5 Å². The number of amides is 3. The van der Waals surface area contributed by atoms with Crippen LogP contribution in [0, 0.1) is 0 Å². The van der Waals surface area contributed by atoms with Gasteiger partial charge in [-0.25, -0.2) is 4.90 Å². The van der Waals surface area contributed by atoms with Gasteiger partial charge in [0.25, 0.3) is 11.8 Å². The molecular formula is C20H18ClN5O4. The van der Waals surface area contributed by atoms with Crippen LogP contribution >= 0.6 is 11.6 Å². The topological polar surface area (TPSA) is 104 Å². The number of rotatable bonds is 6. The van der Waals surface area contributed by atoms with Crippen LogP contribution in [0.1, 0.15) is 6.92 Å². The predicted octanol–water partition coefficient (Wildman–Crippen LogP) is 2.67. The summed E-state index contributed by atoms with van der Waals surface area (Å²) in [5.41, 5.74) is 0.861. The number of para-hydroxylation sites is 1. The van der Waals surface area contributed by atoms with Crippen molar-refractivity contribution in [2.24, 2.45) is 10.3 Å². The van der Waals surface area contributed by atoms with Gasteiger partial charge in [-0.05, 0) is 43.3 Å². The molecule has 4 rings (SSSR count). The highest BCUT2D eigenvalue weighted by Crippen LogP contribution is 2.32. The standard InChI is InChI=1S/C20H18ClN5O4/c1-2-30-13-9-7-12(8-10-13)26-19(28)17-18(20(26)29)25(24-23-17)11-16(27)22-15-6-4-3-5-14(15)21/h3-10,17-18H,2,11H2,1H3,(H,22,27)/t17-,18-/m0/s1. The van der Waals surface area contributed by atoms with Crippen LogP contribution in [-0.2, 0) is 14.4 Å². The zero-order chi connectivity index (χ0) is 21.3. The summed E-state index contributed by atoms with van der Waals surface area (Å²) in [5, 5.41) is 12.1. The number of carbonyl (C=O) groups excluding carboxylic acids is 3. The molecule has 0 aliphatic carbocycles. The van der Waals surface area contributed by atoms with Crippen LogP contribution in [0.4, 0.5) is 11.4 Å². The van der Waals surface area contributed by atoms with Crippen molar-refractivity contribution in [3.63, 3.8) is 0 Å². The van der Waals surface area contributed by atoms with Crippen molar-refractivity contribution >= 4 is 40.7 Å². The quantitative estimate of drug-likeness (QED) is 0.714. The molecule has 2 aliphatic heterocycles. The molecule has 2 aromatic rings. The van der Waals surface area contributed by atoms with Crippen molar-refractivity contribution in [3.05, 3.63) is 53.6 Å². The van der Waals surface area contributed by atoms with Gasteiger partial charge in [0.1, 0.15) is 12.3 Å². The Balaban J connectivity index is 1.47. The number of hydrogen-bond donors (Lipinski definition) is 1. The van der Waals surface area contributed by atoms with Gasteiger partial charge >= 0.3 is 0 Å². The van der Waals surface area contributed by atoms with Gasteiger partial charge in [0.05, 0.1) is 23.0 Å². The second-order valence-corrected chi connectivity index (χ2v) is 7.07. The van der Waals surface area contributed by atoms with Crippen molar-refractivity contribution in [3.8, 4) is 5.75 Å². The summed E-state index contributed by atoms with van der Waals surface area (Å²) in [6.07, 6.45) is 0. The Bertz CT molecular complexity index is 1030. The van der Waals surface area contributed by atoms with E-state index in [2.05, 4.69) is 15.7 Å². The molecule has 2 atom stereocenters. The highest BCUT2D eigenvalue weighted by molar-refractivity contribution is 6.33. The molecule has 0 spiro atoms. The summed E-state index contributed by atoms with van der Waals surface area (Å²) in [5.74, 6) is -0.753. The Hall–Kier alpha value is -3.46. The lowest BCUT2D eigenvalue weighted by Crippen LogP contribution is -2.43. The summed E-state index contributed by atoms with van der Waals surface area (Å²) in [4.78, 5) is 39.2. The van der Waals surface area contributed by atoms with E-state index in [4.69, 9.17) is 16.3 Å². The molecule has 10 heteroatoms. The smallest absolute Gasteiger partial charge is 0.263 e. The second-order valence-electron chi connectivity index (χ2n) is 6.66. The van der Waals surface area contributed by atoms with Crippen molar-refractivity contribution < 1.29 is 19.1 Å². The second kappa shape index (κ2) is 8.11. The fourth-order valence-corrected chi connectivity index (χ4v) is 3.55. The molecule has 0 unspecified atom stereocenters. The zero-order valence-electron chi connectivity index (χ0n) is 16.0. The molecule has 3 amide bonds. The number of nitrogens with one attached hydrogen (secondary N) is 1. The minimum Gasteiger partial charge on any atom is -0.494 e. The lowest BCUT2D eigenvalue weighted by atomic mass is 10.1. The average molecular weight is 428 g/mol. The first-order valence-corrected chi connectivity index (χ1v) is 9.70. The molecule has 2 heterocycles. The first-order chi connectivity index (χ1) is 14.5. The lowest BCUT2D eigenvalue weighted by Gasteiger charge is -2.20. The van der Waals surface area contributed by atoms with Crippen LogP contribution < -0.4 is 15.0 Å². The van der Waals surface area contributed by atoms with E-state index < -0.39 is 29.8 Å². The highest BCUT2D eigenvalue weighted by atomic mass is 35.5. The largest absolute Gasteiger partial charge is 0.494 e. The van der Waals surface area contributed by atoms with Gasteiger partial charge in [0.15, 0.2) is 12.1 Å². The van der Waals surface area contributed by atoms with Gasteiger partial charge in [-0.2, -0.15) is 5.11 Å². The fraction of sp³-hybridized carbons (Fsp3) is 0.250. The molecule has 154 valence electrons. The van der Waals surface area contributed by atoms with Crippen molar-refractivity contribution in [1.29, 1.82) is 0 Å². The minimum absolute atomic E-state index is 0.244. The summed E-state index contributed by atoms with van der Waals surface area (Å²) >= 11 is 6.05. The Morgan fingerprint density at radius 2 is 1.87 bits per heavy atom. The normalized spacial score (nSPS) is 19.9. The maximum atomic E-state index is 13.0. The third-order valence-electron chi connectivity index (χ3n) is 4.72. The summed E-state index contributed by atoms with van der Waals surface area (Å²) in [6, 6.07) is 11.5. The molecule has 1 saturated heterocycles. The number of hydrogen-bond acceptors (Lipinski definition) is 7. The third kappa shape index (κ3) is 3.59. The number of nitrogens with zero attached hydrogens (tertiary/aromatic N) is 4. The maximum absolute atomic E-state index is 13.0. The molecule has 2 aromatic carbocycles. The van der Waals surface area contributed by atoms with E-state index in [1.165, 1.54) is 5.01 Å². The zero-order valence-corrected chi connectivity index (χ0v) is 16.7. The Kier molecular flexibility index (Phi) is 5.37. The number of carbonyl (C=O) groups is 3. The first-order valence-electron chi connectivity index (χ1n) is 9.32. The van der Waals surface area contributed by atoms with E-state index in [-0.39, 0.29) is 6.54 Å². The van der Waals surface area contributed by atoms with Crippen molar-refractivity contribution in [2.75, 3.05) is 23.4 Å². The van der Waals surface area contributed by atoms with Crippen molar-refractivity contribution in [2.45, 2.75) is 19.0 Å². The number of imide groups is 1. The van der Waals surface area contributed by atoms with E-state index in [1.807, 2.05) is 6.92 Å². The molecule has 30 heavy (non-hydrogen) atoms. The average Bonchev–Trinajstić information content (AvgIpc) is 3.24. The van der Waals surface area contributed by atoms with E-state index in [0.29, 0.717) is 28.8 Å². The van der Waals surface area contributed by atoms with E-state index >= 15 is 0 Å². The van der Waals surface area contributed by atoms with Gasteiger partial charge in [-0.15, -0.1) is 0 Å². The monoisotopic (exact) mass is 427 g/mol. The fourth-order valence-electron chi connectivity index (χ4n) is 3.37. The van der Waals surface area contributed by atoms with Crippen LogP contribution in [0.3, 0.4) is 0 Å². The summed E-state index contributed by atoms with van der Waals surface area (Å²) in [6.45, 7) is 2.13. The van der Waals surface area contributed by atoms with Crippen LogP contribution in [0.2, 0.25) is 5.02 Å². The molecule has 0 bridgehead atoms. The predicted molar refractivity (Wildman–Crippen MR) is 109 cm³/mol. The Morgan fingerprint density at radius 1 is 1.13 bits per heavy atom. The lowest BCUT2D eigenvalue weighted by molar-refractivity contribution is -0.123.